The van der Waals surface area contributed by atoms with Gasteiger partial charge in [-0.05, 0) is 43.8 Å². The number of hydrogen-bond donors (Lipinski definition) is 1. The van der Waals surface area contributed by atoms with E-state index >= 15 is 0 Å². The fraction of sp³-hybridized carbons (Fsp3) is 0.818. The van der Waals surface area contributed by atoms with Crippen LogP contribution in [0.2, 0.25) is 0 Å². The van der Waals surface area contributed by atoms with Gasteiger partial charge < -0.3 is 5.32 Å². The summed E-state index contributed by atoms with van der Waals surface area (Å²) in [6.07, 6.45) is 6.47. The van der Waals surface area contributed by atoms with Crippen LogP contribution in [0.25, 0.3) is 0 Å². The zero-order chi connectivity index (χ0) is 10.7. The number of rotatable bonds is 6. The minimum atomic E-state index is 0.473. The first-order valence-corrected chi connectivity index (χ1v) is 6.60. The van der Waals surface area contributed by atoms with Crippen LogP contribution in [0.3, 0.4) is 0 Å². The Morgan fingerprint density at radius 1 is 1.53 bits per heavy atom. The number of nitrogens with zero attached hydrogens (tertiary/aromatic N) is 2. The van der Waals surface area contributed by atoms with Gasteiger partial charge in [0.2, 0.25) is 0 Å². The molecule has 1 aliphatic carbocycles. The number of aromatic nitrogens is 2. The van der Waals surface area contributed by atoms with Crippen LogP contribution in [-0.4, -0.2) is 16.6 Å². The Balaban J connectivity index is 1.97. The van der Waals surface area contributed by atoms with Crippen molar-refractivity contribution < 1.29 is 0 Å². The third kappa shape index (κ3) is 2.75. The molecule has 0 aromatic carbocycles. The smallest absolute Gasteiger partial charge is 0.0800 e. The maximum Gasteiger partial charge on any atom is 0.0800 e. The normalized spacial score (nSPS) is 18.0. The van der Waals surface area contributed by atoms with Crippen LogP contribution >= 0.6 is 11.5 Å². The lowest BCUT2D eigenvalue weighted by Gasteiger charge is -2.14. The van der Waals surface area contributed by atoms with Gasteiger partial charge in [0, 0.05) is 6.04 Å². The Morgan fingerprint density at radius 3 is 2.93 bits per heavy atom. The lowest BCUT2D eigenvalue weighted by Crippen LogP contribution is -2.16. The molecule has 1 atom stereocenters. The fourth-order valence-electron chi connectivity index (χ4n) is 1.94. The summed E-state index contributed by atoms with van der Waals surface area (Å²) < 4.78 is 4.06. The van der Waals surface area contributed by atoms with E-state index in [0.717, 1.165) is 12.3 Å². The summed E-state index contributed by atoms with van der Waals surface area (Å²) in [5.74, 6) is 1.01. The van der Waals surface area contributed by atoms with Gasteiger partial charge in [-0.15, -0.1) is 5.10 Å². The van der Waals surface area contributed by atoms with E-state index in [1.165, 1.54) is 36.3 Å². The van der Waals surface area contributed by atoms with Crippen LogP contribution in [0.15, 0.2) is 0 Å². The molecule has 4 heteroatoms. The van der Waals surface area contributed by atoms with Gasteiger partial charge in [0.25, 0.3) is 0 Å². The van der Waals surface area contributed by atoms with Crippen molar-refractivity contribution in [2.24, 2.45) is 5.92 Å². The van der Waals surface area contributed by atoms with Crippen molar-refractivity contribution in [1.29, 1.82) is 0 Å². The number of aryl methyl sites for hydroxylation is 1. The lowest BCUT2D eigenvalue weighted by molar-refractivity contribution is 0.509. The largest absolute Gasteiger partial charge is 0.312 e. The second-order valence-corrected chi connectivity index (χ2v) is 5.09. The first kappa shape index (κ1) is 11.0. The maximum atomic E-state index is 4.17. The maximum absolute atomic E-state index is 4.17. The first-order valence-electron chi connectivity index (χ1n) is 5.83. The highest BCUT2D eigenvalue weighted by Gasteiger charge is 2.24. The Hall–Kier alpha value is -0.480. The third-order valence-corrected chi connectivity index (χ3v) is 4.03. The zero-order valence-electron chi connectivity index (χ0n) is 9.49. The minimum absolute atomic E-state index is 0.473. The highest BCUT2D eigenvalue weighted by atomic mass is 32.1. The molecule has 15 heavy (non-hydrogen) atoms. The molecule has 0 spiro atoms. The Labute approximate surface area is 95.4 Å². The van der Waals surface area contributed by atoms with E-state index in [4.69, 9.17) is 0 Å². The van der Waals surface area contributed by atoms with Gasteiger partial charge in [-0.3, -0.25) is 0 Å². The molecule has 0 saturated heterocycles. The van der Waals surface area contributed by atoms with Gasteiger partial charge in [-0.1, -0.05) is 24.3 Å². The Bertz CT molecular complexity index is 307. The number of hydrogen-bond acceptors (Lipinski definition) is 4. The highest BCUT2D eigenvalue weighted by molar-refractivity contribution is 7.05. The predicted molar refractivity (Wildman–Crippen MR) is 63.0 cm³/mol. The van der Waals surface area contributed by atoms with E-state index in [1.54, 1.807) is 11.5 Å². The molecule has 2 rings (SSSR count). The molecular formula is C11H19N3S. The summed E-state index contributed by atoms with van der Waals surface area (Å²) in [5, 5.41) is 7.57. The van der Waals surface area contributed by atoms with Gasteiger partial charge >= 0.3 is 0 Å². The second kappa shape index (κ2) is 5.03. The molecule has 1 saturated carbocycles. The molecular weight excluding hydrogens is 206 g/mol. The van der Waals surface area contributed by atoms with E-state index in [2.05, 4.69) is 21.8 Å². The van der Waals surface area contributed by atoms with Gasteiger partial charge in [0.05, 0.1) is 10.6 Å². The second-order valence-electron chi connectivity index (χ2n) is 4.30. The van der Waals surface area contributed by atoms with E-state index in [-0.39, 0.29) is 0 Å². The van der Waals surface area contributed by atoms with Crippen molar-refractivity contribution in [3.05, 3.63) is 10.6 Å². The molecule has 0 aliphatic heterocycles. The summed E-state index contributed by atoms with van der Waals surface area (Å²) >= 11 is 1.56. The van der Waals surface area contributed by atoms with E-state index in [1.807, 2.05) is 7.05 Å². The van der Waals surface area contributed by atoms with Crippen LogP contribution in [-0.2, 0) is 6.42 Å². The molecule has 1 aliphatic rings. The van der Waals surface area contributed by atoms with E-state index in [9.17, 15) is 0 Å². The summed E-state index contributed by atoms with van der Waals surface area (Å²) in [6, 6.07) is 0.473. The summed E-state index contributed by atoms with van der Waals surface area (Å²) in [5.41, 5.74) is 1.18. The van der Waals surface area contributed by atoms with Gasteiger partial charge in [0.1, 0.15) is 0 Å². The molecule has 0 radical (unpaired) electrons. The highest BCUT2D eigenvalue weighted by Crippen LogP contribution is 2.36. The van der Waals surface area contributed by atoms with Crippen LogP contribution in [0.5, 0.6) is 0 Å². The van der Waals surface area contributed by atoms with Gasteiger partial charge in [-0.25, -0.2) is 0 Å². The van der Waals surface area contributed by atoms with Crippen molar-refractivity contribution in [3.63, 3.8) is 0 Å². The van der Waals surface area contributed by atoms with E-state index in [0.29, 0.717) is 6.04 Å². The molecule has 1 unspecified atom stereocenters. The molecule has 1 fully saturated rings. The Morgan fingerprint density at radius 2 is 2.33 bits per heavy atom. The van der Waals surface area contributed by atoms with Crippen molar-refractivity contribution in [3.8, 4) is 0 Å². The fourth-order valence-corrected chi connectivity index (χ4v) is 2.82. The lowest BCUT2D eigenvalue weighted by atomic mass is 10.1. The molecule has 1 N–H and O–H groups in total. The van der Waals surface area contributed by atoms with Crippen molar-refractivity contribution in [2.75, 3.05) is 7.05 Å². The molecule has 1 aromatic rings. The van der Waals surface area contributed by atoms with Crippen molar-refractivity contribution in [1.82, 2.24) is 14.9 Å². The van der Waals surface area contributed by atoms with Gasteiger partial charge in [0.15, 0.2) is 0 Å². The topological polar surface area (TPSA) is 37.8 Å². The predicted octanol–water partition coefficient (Wildman–Crippen LogP) is 2.55. The van der Waals surface area contributed by atoms with Crippen molar-refractivity contribution in [2.45, 2.75) is 45.1 Å². The quantitative estimate of drug-likeness (QED) is 0.808. The Kier molecular flexibility index (Phi) is 3.70. The zero-order valence-corrected chi connectivity index (χ0v) is 10.3. The molecule has 1 heterocycles. The SMILES string of the molecule is CCc1nnsc1C(CCC1CC1)NC. The average molecular weight is 225 g/mol. The molecule has 1 aromatic heterocycles. The van der Waals surface area contributed by atoms with Crippen LogP contribution < -0.4 is 5.32 Å². The summed E-state index contributed by atoms with van der Waals surface area (Å²) in [7, 11) is 2.04. The molecule has 0 bridgehead atoms. The van der Waals surface area contributed by atoms with E-state index < -0.39 is 0 Å². The molecule has 0 amide bonds. The average Bonchev–Trinajstić information content (AvgIpc) is 2.96. The standard InChI is InChI=1S/C11H19N3S/c1-3-9-11(15-14-13-9)10(12-2)7-6-8-4-5-8/h8,10,12H,3-7H2,1-2H3. The van der Waals surface area contributed by atoms with Gasteiger partial charge in [-0.2, -0.15) is 0 Å². The van der Waals surface area contributed by atoms with Crippen LogP contribution in [0.1, 0.15) is 49.2 Å². The third-order valence-electron chi connectivity index (χ3n) is 3.15. The van der Waals surface area contributed by atoms with Crippen LogP contribution in [0, 0.1) is 5.92 Å². The summed E-state index contributed by atoms with van der Waals surface area (Å²) in [6.45, 7) is 2.15. The minimum Gasteiger partial charge on any atom is -0.312 e. The molecule has 3 nitrogen and oxygen atoms in total. The molecule has 84 valence electrons. The van der Waals surface area contributed by atoms with Crippen LogP contribution in [0.4, 0.5) is 0 Å². The first-order chi connectivity index (χ1) is 7.35. The monoisotopic (exact) mass is 225 g/mol. The van der Waals surface area contributed by atoms with Crippen molar-refractivity contribution >= 4 is 11.5 Å². The number of nitrogens with one attached hydrogen (secondary N) is 1. The summed E-state index contributed by atoms with van der Waals surface area (Å²) in [4.78, 5) is 1.35.